The molecular formula is C16H24N2O2. The smallest absolute Gasteiger partial charge is 0.231 e. The summed E-state index contributed by atoms with van der Waals surface area (Å²) in [5.41, 5.74) is 1.25. The van der Waals surface area contributed by atoms with E-state index in [0.717, 1.165) is 24.6 Å². The molecule has 2 atom stereocenters. The summed E-state index contributed by atoms with van der Waals surface area (Å²) < 4.78 is 10.9. The molecule has 0 radical (unpaired) electrons. The van der Waals surface area contributed by atoms with E-state index in [2.05, 4.69) is 36.2 Å². The van der Waals surface area contributed by atoms with Crippen molar-refractivity contribution in [1.29, 1.82) is 0 Å². The molecule has 1 aromatic rings. The zero-order valence-corrected chi connectivity index (χ0v) is 12.4. The highest BCUT2D eigenvalue weighted by Gasteiger charge is 2.20. The predicted octanol–water partition coefficient (Wildman–Crippen LogP) is 2.77. The summed E-state index contributed by atoms with van der Waals surface area (Å²) in [6.07, 6.45) is 3.56. The van der Waals surface area contributed by atoms with E-state index in [0.29, 0.717) is 18.9 Å². The quantitative estimate of drug-likeness (QED) is 0.900. The van der Waals surface area contributed by atoms with Crippen LogP contribution < -0.4 is 19.7 Å². The molecular weight excluding hydrogens is 252 g/mol. The van der Waals surface area contributed by atoms with E-state index in [4.69, 9.17) is 9.47 Å². The van der Waals surface area contributed by atoms with Crippen LogP contribution in [0.4, 0.5) is 5.69 Å². The van der Waals surface area contributed by atoms with E-state index in [1.54, 1.807) is 0 Å². The lowest BCUT2D eigenvalue weighted by Gasteiger charge is -2.33. The normalized spacial score (nSPS) is 26.2. The lowest BCUT2D eigenvalue weighted by molar-refractivity contribution is 0.174. The number of benzene rings is 1. The van der Waals surface area contributed by atoms with Crippen molar-refractivity contribution >= 4 is 5.69 Å². The van der Waals surface area contributed by atoms with Crippen molar-refractivity contribution in [3.05, 3.63) is 18.2 Å². The topological polar surface area (TPSA) is 33.7 Å². The molecule has 0 bridgehead atoms. The Hall–Kier alpha value is -1.42. The maximum absolute atomic E-state index is 5.49. The Labute approximate surface area is 121 Å². The zero-order valence-electron chi connectivity index (χ0n) is 12.4. The second kappa shape index (κ2) is 5.92. The maximum Gasteiger partial charge on any atom is 0.231 e. The van der Waals surface area contributed by atoms with Gasteiger partial charge in [0.05, 0.1) is 0 Å². The number of hydrogen-bond acceptors (Lipinski definition) is 4. The van der Waals surface area contributed by atoms with Crippen molar-refractivity contribution in [3.63, 3.8) is 0 Å². The largest absolute Gasteiger partial charge is 0.454 e. The standard InChI is InChI=1S/C16H24N2O2/c1-3-13-7-9-18(8-6-12(2)17-13)14-4-5-15-16(10-14)20-11-19-15/h4-5,10,12-13,17H,3,6-9,11H2,1-2H3. The average molecular weight is 276 g/mol. The van der Waals surface area contributed by atoms with Crippen LogP contribution in [0.2, 0.25) is 0 Å². The van der Waals surface area contributed by atoms with Crippen LogP contribution in [0.15, 0.2) is 18.2 Å². The summed E-state index contributed by atoms with van der Waals surface area (Å²) in [4.78, 5) is 2.47. The zero-order chi connectivity index (χ0) is 13.9. The van der Waals surface area contributed by atoms with E-state index in [9.17, 15) is 0 Å². The number of rotatable bonds is 2. The molecule has 2 heterocycles. The number of fused-ring (bicyclic) bond motifs is 1. The van der Waals surface area contributed by atoms with Crippen molar-refractivity contribution in [1.82, 2.24) is 5.32 Å². The van der Waals surface area contributed by atoms with Gasteiger partial charge in [-0.05, 0) is 38.3 Å². The molecule has 1 N–H and O–H groups in total. The molecule has 0 spiro atoms. The van der Waals surface area contributed by atoms with Crippen LogP contribution in [0.25, 0.3) is 0 Å². The Balaban J connectivity index is 1.74. The second-order valence-electron chi connectivity index (χ2n) is 5.77. The first-order valence-electron chi connectivity index (χ1n) is 7.67. The molecule has 1 aromatic carbocycles. The van der Waals surface area contributed by atoms with Gasteiger partial charge in [0.1, 0.15) is 0 Å². The van der Waals surface area contributed by atoms with Gasteiger partial charge in [0.15, 0.2) is 11.5 Å². The molecule has 4 nitrogen and oxygen atoms in total. The Morgan fingerprint density at radius 2 is 2.00 bits per heavy atom. The first-order chi connectivity index (χ1) is 9.76. The fourth-order valence-electron chi connectivity index (χ4n) is 3.00. The van der Waals surface area contributed by atoms with Gasteiger partial charge in [0.25, 0.3) is 0 Å². The lowest BCUT2D eigenvalue weighted by atomic mass is 10.1. The highest BCUT2D eigenvalue weighted by atomic mass is 16.7. The minimum atomic E-state index is 0.345. The van der Waals surface area contributed by atoms with E-state index in [1.165, 1.54) is 24.9 Å². The van der Waals surface area contributed by atoms with Gasteiger partial charge in [0.2, 0.25) is 6.79 Å². The van der Waals surface area contributed by atoms with Crippen LogP contribution in [0.1, 0.15) is 33.1 Å². The molecule has 3 rings (SSSR count). The summed E-state index contributed by atoms with van der Waals surface area (Å²) >= 11 is 0. The van der Waals surface area contributed by atoms with Gasteiger partial charge in [-0.1, -0.05) is 6.92 Å². The molecule has 0 aromatic heterocycles. The number of nitrogens with one attached hydrogen (secondary N) is 1. The Morgan fingerprint density at radius 1 is 1.20 bits per heavy atom. The Bertz CT molecular complexity index is 464. The summed E-state index contributed by atoms with van der Waals surface area (Å²) in [6, 6.07) is 7.49. The third kappa shape index (κ3) is 2.85. The number of anilines is 1. The molecule has 1 fully saturated rings. The third-order valence-electron chi connectivity index (χ3n) is 4.31. The predicted molar refractivity (Wildman–Crippen MR) is 80.7 cm³/mol. The first kappa shape index (κ1) is 13.6. The maximum atomic E-state index is 5.49. The molecule has 0 aliphatic carbocycles. The molecule has 2 aliphatic heterocycles. The summed E-state index contributed by atoms with van der Waals surface area (Å²) in [6.45, 7) is 7.07. The van der Waals surface area contributed by atoms with Crippen LogP contribution in [0.3, 0.4) is 0 Å². The second-order valence-corrected chi connectivity index (χ2v) is 5.77. The fourth-order valence-corrected chi connectivity index (χ4v) is 3.00. The van der Waals surface area contributed by atoms with E-state index < -0.39 is 0 Å². The molecule has 2 aliphatic rings. The average Bonchev–Trinajstić information content (AvgIpc) is 2.90. The van der Waals surface area contributed by atoms with Gasteiger partial charge >= 0.3 is 0 Å². The summed E-state index contributed by atoms with van der Waals surface area (Å²) in [7, 11) is 0. The Morgan fingerprint density at radius 3 is 2.85 bits per heavy atom. The lowest BCUT2D eigenvalue weighted by Crippen LogP contribution is -2.44. The molecule has 2 unspecified atom stereocenters. The van der Waals surface area contributed by atoms with Gasteiger partial charge in [0, 0.05) is 36.9 Å². The van der Waals surface area contributed by atoms with Gasteiger partial charge in [-0.2, -0.15) is 0 Å². The van der Waals surface area contributed by atoms with Gasteiger partial charge in [-0.3, -0.25) is 0 Å². The summed E-state index contributed by atoms with van der Waals surface area (Å²) in [5.74, 6) is 1.74. The molecule has 4 heteroatoms. The van der Waals surface area contributed by atoms with Gasteiger partial charge in [-0.15, -0.1) is 0 Å². The highest BCUT2D eigenvalue weighted by Crippen LogP contribution is 2.35. The van der Waals surface area contributed by atoms with Gasteiger partial charge < -0.3 is 19.7 Å². The molecule has 0 saturated carbocycles. The third-order valence-corrected chi connectivity index (χ3v) is 4.31. The van der Waals surface area contributed by atoms with Crippen LogP contribution in [0.5, 0.6) is 11.5 Å². The van der Waals surface area contributed by atoms with Crippen LogP contribution in [-0.4, -0.2) is 32.0 Å². The minimum Gasteiger partial charge on any atom is -0.454 e. The van der Waals surface area contributed by atoms with Crippen molar-refractivity contribution in [2.75, 3.05) is 24.8 Å². The number of nitrogens with zero attached hydrogens (tertiary/aromatic N) is 1. The van der Waals surface area contributed by atoms with E-state index in [1.807, 2.05) is 6.07 Å². The Kier molecular flexibility index (Phi) is 4.01. The van der Waals surface area contributed by atoms with Crippen molar-refractivity contribution in [2.45, 2.75) is 45.2 Å². The van der Waals surface area contributed by atoms with Crippen molar-refractivity contribution in [2.24, 2.45) is 0 Å². The van der Waals surface area contributed by atoms with Crippen molar-refractivity contribution < 1.29 is 9.47 Å². The minimum absolute atomic E-state index is 0.345. The van der Waals surface area contributed by atoms with E-state index in [-0.39, 0.29) is 0 Å². The molecule has 0 amide bonds. The number of ether oxygens (including phenoxy) is 2. The monoisotopic (exact) mass is 276 g/mol. The van der Waals surface area contributed by atoms with Crippen LogP contribution >= 0.6 is 0 Å². The van der Waals surface area contributed by atoms with Crippen LogP contribution in [0, 0.1) is 0 Å². The SMILES string of the molecule is CCC1CCN(c2ccc3c(c2)OCO3)CCC(C)N1. The number of hydrogen-bond donors (Lipinski definition) is 1. The fraction of sp³-hybridized carbons (Fsp3) is 0.625. The van der Waals surface area contributed by atoms with Crippen molar-refractivity contribution in [3.8, 4) is 11.5 Å². The molecule has 1 saturated heterocycles. The van der Waals surface area contributed by atoms with Crippen LogP contribution in [-0.2, 0) is 0 Å². The van der Waals surface area contributed by atoms with E-state index >= 15 is 0 Å². The highest BCUT2D eigenvalue weighted by molar-refractivity contribution is 5.57. The molecule has 110 valence electrons. The molecule has 20 heavy (non-hydrogen) atoms. The summed E-state index contributed by atoms with van der Waals surface area (Å²) in [5, 5.41) is 3.71. The van der Waals surface area contributed by atoms with Gasteiger partial charge in [-0.25, -0.2) is 0 Å². The first-order valence-corrected chi connectivity index (χ1v) is 7.67.